The first-order chi connectivity index (χ1) is 14.4. The Morgan fingerprint density at radius 3 is 1.17 bits per heavy atom. The molecule has 30 heavy (non-hydrogen) atoms. The Balaban J connectivity index is 1.72. The van der Waals surface area contributed by atoms with Crippen molar-refractivity contribution in [1.29, 1.82) is 0 Å². The second-order valence-corrected chi connectivity index (χ2v) is 5.57. The average molecular weight is 406 g/mol. The van der Waals surface area contributed by atoms with Gasteiger partial charge in [-0.1, -0.05) is 0 Å². The molecule has 0 aliphatic carbocycles. The third-order valence-electron chi connectivity index (χ3n) is 3.61. The van der Waals surface area contributed by atoms with Crippen LogP contribution in [0.25, 0.3) is 0 Å². The maximum atomic E-state index is 12.2. The van der Waals surface area contributed by atoms with Crippen molar-refractivity contribution in [3.05, 3.63) is 71.8 Å². The molecular formula is C18H10N6O6-2. The quantitative estimate of drug-likeness (QED) is 0.487. The number of hydrogen-bond acceptors (Lipinski definition) is 10. The molecule has 2 amide bonds. The van der Waals surface area contributed by atoms with Crippen molar-refractivity contribution in [2.24, 2.45) is 0 Å². The fraction of sp³-hybridized carbons (Fsp3) is 0. The highest BCUT2D eigenvalue weighted by Gasteiger charge is 2.17. The molecule has 0 aliphatic heterocycles. The van der Waals surface area contributed by atoms with Gasteiger partial charge in [-0.3, -0.25) is 19.6 Å². The Bertz CT molecular complexity index is 1060. The molecule has 0 spiro atoms. The molecule has 12 heteroatoms. The number of carbonyl (C=O) groups excluding carboxylic acids is 4. The predicted molar refractivity (Wildman–Crippen MR) is 95.1 cm³/mol. The maximum absolute atomic E-state index is 12.2. The van der Waals surface area contributed by atoms with Crippen LogP contribution in [0, 0.1) is 0 Å². The standard InChI is InChI=1S/C18H12N6O6/c25-15(11-13(17(27)28)21-7-5-19-11)23-9-1-2-10(4-3-9)24-16(26)12-14(18(29)30)22-8-6-20-12/h1-8H,(H,23,25)(H,24,26)(H,27,28)(H,29,30)/p-2. The van der Waals surface area contributed by atoms with E-state index in [0.29, 0.717) is 0 Å². The van der Waals surface area contributed by atoms with Crippen LogP contribution in [0.15, 0.2) is 49.1 Å². The fourth-order valence-electron chi connectivity index (χ4n) is 2.32. The van der Waals surface area contributed by atoms with Crippen molar-refractivity contribution in [3.63, 3.8) is 0 Å². The molecule has 0 aliphatic rings. The number of carboxylic acid groups (broad SMARTS) is 2. The summed E-state index contributed by atoms with van der Waals surface area (Å²) in [6, 6.07) is 5.66. The number of carbonyl (C=O) groups is 4. The van der Waals surface area contributed by atoms with E-state index < -0.39 is 46.5 Å². The van der Waals surface area contributed by atoms with E-state index in [4.69, 9.17) is 0 Å². The Hall–Kier alpha value is -4.74. The smallest absolute Gasteiger partial charge is 0.276 e. The summed E-state index contributed by atoms with van der Waals surface area (Å²) >= 11 is 0. The van der Waals surface area contributed by atoms with Gasteiger partial charge in [0.25, 0.3) is 11.8 Å². The highest BCUT2D eigenvalue weighted by Crippen LogP contribution is 2.16. The van der Waals surface area contributed by atoms with Crippen LogP contribution in [0.3, 0.4) is 0 Å². The molecule has 3 aromatic rings. The highest BCUT2D eigenvalue weighted by atomic mass is 16.4. The van der Waals surface area contributed by atoms with Gasteiger partial charge in [-0.2, -0.15) is 0 Å². The minimum atomic E-state index is -1.65. The second-order valence-electron chi connectivity index (χ2n) is 5.57. The first-order valence-electron chi connectivity index (χ1n) is 8.14. The minimum Gasteiger partial charge on any atom is -0.543 e. The summed E-state index contributed by atoms with van der Waals surface area (Å²) < 4.78 is 0. The number of nitrogens with zero attached hydrogens (tertiary/aromatic N) is 4. The lowest BCUT2D eigenvalue weighted by Crippen LogP contribution is -2.28. The van der Waals surface area contributed by atoms with E-state index in [9.17, 15) is 29.4 Å². The minimum absolute atomic E-state index is 0.267. The summed E-state index contributed by atoms with van der Waals surface area (Å²) in [7, 11) is 0. The van der Waals surface area contributed by atoms with Crippen molar-refractivity contribution in [2.75, 3.05) is 10.6 Å². The fourth-order valence-corrected chi connectivity index (χ4v) is 2.32. The summed E-state index contributed by atoms with van der Waals surface area (Å²) in [5, 5.41) is 26.9. The Kier molecular flexibility index (Phi) is 5.68. The molecule has 150 valence electrons. The van der Waals surface area contributed by atoms with Crippen LogP contribution < -0.4 is 20.8 Å². The van der Waals surface area contributed by atoms with Gasteiger partial charge in [0.05, 0.1) is 11.9 Å². The third kappa shape index (κ3) is 4.39. The van der Waals surface area contributed by atoms with E-state index in [-0.39, 0.29) is 11.4 Å². The van der Waals surface area contributed by atoms with Gasteiger partial charge in [0.1, 0.15) is 11.4 Å². The van der Waals surface area contributed by atoms with Crippen molar-refractivity contribution in [2.45, 2.75) is 0 Å². The first kappa shape index (κ1) is 20.0. The zero-order chi connectivity index (χ0) is 21.7. The van der Waals surface area contributed by atoms with E-state index in [1.54, 1.807) is 0 Å². The molecule has 0 radical (unpaired) electrons. The van der Waals surface area contributed by atoms with Crippen LogP contribution in [-0.2, 0) is 0 Å². The van der Waals surface area contributed by atoms with E-state index in [1.807, 2.05) is 0 Å². The molecule has 0 fully saturated rings. The summed E-state index contributed by atoms with van der Waals surface area (Å²) in [6.45, 7) is 0. The predicted octanol–water partition coefficient (Wildman–Crippen LogP) is -1.50. The summed E-state index contributed by atoms with van der Waals surface area (Å²) in [5.41, 5.74) is -1.52. The summed E-state index contributed by atoms with van der Waals surface area (Å²) in [5.74, 6) is -4.94. The van der Waals surface area contributed by atoms with Crippen molar-refractivity contribution in [3.8, 4) is 0 Å². The largest absolute Gasteiger partial charge is 0.543 e. The van der Waals surface area contributed by atoms with Crippen LogP contribution in [-0.4, -0.2) is 43.7 Å². The molecule has 0 unspecified atom stereocenters. The van der Waals surface area contributed by atoms with Gasteiger partial charge in [0.15, 0.2) is 11.4 Å². The number of hydrogen-bond donors (Lipinski definition) is 2. The van der Waals surface area contributed by atoms with Crippen LogP contribution in [0.2, 0.25) is 0 Å². The van der Waals surface area contributed by atoms with Crippen LogP contribution >= 0.6 is 0 Å². The first-order valence-corrected chi connectivity index (χ1v) is 8.14. The number of anilines is 2. The number of carboxylic acids is 2. The summed E-state index contributed by atoms with van der Waals surface area (Å²) in [4.78, 5) is 61.0. The van der Waals surface area contributed by atoms with E-state index >= 15 is 0 Å². The maximum Gasteiger partial charge on any atom is 0.276 e. The topological polar surface area (TPSA) is 190 Å². The second kappa shape index (κ2) is 8.52. The zero-order valence-electron chi connectivity index (χ0n) is 14.9. The number of rotatable bonds is 6. The number of amides is 2. The van der Waals surface area contributed by atoms with Gasteiger partial charge in [-0.15, -0.1) is 0 Å². The lowest BCUT2D eigenvalue weighted by molar-refractivity contribution is -0.256. The molecule has 3 rings (SSSR count). The number of nitrogens with one attached hydrogen (secondary N) is 2. The lowest BCUT2D eigenvalue weighted by atomic mass is 10.2. The zero-order valence-corrected chi connectivity index (χ0v) is 14.9. The average Bonchev–Trinajstić information content (AvgIpc) is 2.75. The molecule has 12 nitrogen and oxygen atoms in total. The SMILES string of the molecule is O=C([O-])c1nccnc1C(=O)Nc1ccc(NC(=O)c2nccnc2C(=O)[O-])cc1. The highest BCUT2D eigenvalue weighted by molar-refractivity contribution is 6.09. The number of aromatic carboxylic acids is 2. The molecule has 0 bridgehead atoms. The normalized spacial score (nSPS) is 10.1. The van der Waals surface area contributed by atoms with E-state index in [2.05, 4.69) is 30.6 Å². The van der Waals surface area contributed by atoms with Gasteiger partial charge in [-0.25, -0.2) is 9.97 Å². The lowest BCUT2D eigenvalue weighted by Gasteiger charge is -2.10. The molecular weight excluding hydrogens is 396 g/mol. The van der Waals surface area contributed by atoms with Gasteiger partial charge >= 0.3 is 0 Å². The molecule has 0 saturated heterocycles. The van der Waals surface area contributed by atoms with Gasteiger partial charge in [0, 0.05) is 36.2 Å². The Morgan fingerprint density at radius 1 is 0.567 bits per heavy atom. The molecule has 2 heterocycles. The van der Waals surface area contributed by atoms with Gasteiger partial charge < -0.3 is 30.4 Å². The van der Waals surface area contributed by atoms with Crippen LogP contribution in [0.1, 0.15) is 42.0 Å². The monoisotopic (exact) mass is 406 g/mol. The van der Waals surface area contributed by atoms with E-state index in [1.165, 1.54) is 24.3 Å². The molecule has 2 N–H and O–H groups in total. The Morgan fingerprint density at radius 2 is 0.867 bits per heavy atom. The molecule has 0 atom stereocenters. The van der Waals surface area contributed by atoms with Crippen molar-refractivity contribution in [1.82, 2.24) is 19.9 Å². The van der Waals surface area contributed by atoms with Crippen molar-refractivity contribution < 1.29 is 29.4 Å². The number of aromatic nitrogens is 4. The third-order valence-corrected chi connectivity index (χ3v) is 3.61. The molecule has 1 aromatic carbocycles. The van der Waals surface area contributed by atoms with E-state index in [0.717, 1.165) is 24.8 Å². The summed E-state index contributed by atoms with van der Waals surface area (Å²) in [6.07, 6.45) is 4.55. The molecule has 2 aromatic heterocycles. The van der Waals surface area contributed by atoms with Crippen LogP contribution in [0.4, 0.5) is 11.4 Å². The van der Waals surface area contributed by atoms with Gasteiger partial charge in [0.2, 0.25) is 0 Å². The number of benzene rings is 1. The molecule has 0 saturated carbocycles. The van der Waals surface area contributed by atoms with Gasteiger partial charge in [-0.05, 0) is 24.3 Å². The van der Waals surface area contributed by atoms with Crippen molar-refractivity contribution >= 4 is 35.1 Å². The van der Waals surface area contributed by atoms with Crippen LogP contribution in [0.5, 0.6) is 0 Å². The Labute approximate surface area is 167 Å².